The smallest absolute Gasteiger partial charge is 0.338 e. The van der Waals surface area contributed by atoms with E-state index in [2.05, 4.69) is 5.32 Å². The summed E-state index contributed by atoms with van der Waals surface area (Å²) in [6.45, 7) is 0.386. The average molecular weight is 465 g/mol. The van der Waals surface area contributed by atoms with Crippen molar-refractivity contribution in [1.82, 2.24) is 5.32 Å². The average Bonchev–Trinajstić information content (AvgIpc) is 2.81. The second kappa shape index (κ2) is 8.83. The Bertz CT molecular complexity index is 1070. The first-order chi connectivity index (χ1) is 16.4. The van der Waals surface area contributed by atoms with E-state index in [1.807, 2.05) is 30.3 Å². The van der Waals surface area contributed by atoms with Crippen LogP contribution in [0.15, 0.2) is 54.6 Å². The van der Waals surface area contributed by atoms with Crippen LogP contribution in [0.5, 0.6) is 0 Å². The highest BCUT2D eigenvalue weighted by Gasteiger charge is 2.59. The number of benzene rings is 2. The number of rotatable bonds is 8. The molecule has 2 unspecified atom stereocenters. The van der Waals surface area contributed by atoms with Crippen molar-refractivity contribution in [2.75, 3.05) is 13.2 Å². The Morgan fingerprint density at radius 1 is 0.941 bits per heavy atom. The Labute approximate surface area is 197 Å². The maximum Gasteiger partial charge on any atom is 0.338 e. The molecule has 178 valence electrons. The van der Waals surface area contributed by atoms with Crippen molar-refractivity contribution in [3.8, 4) is 0 Å². The van der Waals surface area contributed by atoms with E-state index in [1.54, 1.807) is 0 Å². The summed E-state index contributed by atoms with van der Waals surface area (Å²) in [4.78, 5) is 35.4. The van der Waals surface area contributed by atoms with Gasteiger partial charge in [-0.05, 0) is 74.6 Å². The number of carbonyl (C=O) groups excluding carboxylic acids is 2. The number of hydrogen-bond acceptors (Lipinski definition) is 6. The van der Waals surface area contributed by atoms with Gasteiger partial charge in [0.1, 0.15) is 6.61 Å². The molecule has 6 rings (SSSR count). The number of hydrogen-bond donors (Lipinski definition) is 1. The molecule has 0 heterocycles. The fourth-order valence-electron chi connectivity index (χ4n) is 6.59. The van der Waals surface area contributed by atoms with E-state index in [9.17, 15) is 19.7 Å². The monoisotopic (exact) mass is 464 g/mol. The van der Waals surface area contributed by atoms with E-state index in [4.69, 9.17) is 9.47 Å². The molecule has 8 heteroatoms. The third-order valence-corrected chi connectivity index (χ3v) is 7.46. The molecule has 4 aliphatic carbocycles. The van der Waals surface area contributed by atoms with Crippen LogP contribution in [-0.2, 0) is 9.47 Å². The minimum absolute atomic E-state index is 0.0327. The van der Waals surface area contributed by atoms with Crippen molar-refractivity contribution in [3.05, 3.63) is 75.8 Å². The number of nitro groups is 1. The van der Waals surface area contributed by atoms with Crippen molar-refractivity contribution in [1.29, 1.82) is 0 Å². The molecule has 0 radical (unpaired) electrons. The third-order valence-electron chi connectivity index (χ3n) is 7.46. The van der Waals surface area contributed by atoms with Crippen LogP contribution in [0.3, 0.4) is 0 Å². The van der Waals surface area contributed by atoms with E-state index in [-0.39, 0.29) is 41.5 Å². The van der Waals surface area contributed by atoms with Crippen molar-refractivity contribution in [2.45, 2.75) is 49.7 Å². The summed E-state index contributed by atoms with van der Waals surface area (Å²) in [6, 6.07) is 14.7. The number of nitro benzene ring substituents is 1. The van der Waals surface area contributed by atoms with Gasteiger partial charge in [-0.15, -0.1) is 0 Å². The van der Waals surface area contributed by atoms with Crippen LogP contribution in [0, 0.1) is 22.0 Å². The molecule has 0 aromatic heterocycles. The Morgan fingerprint density at radius 3 is 2.26 bits per heavy atom. The van der Waals surface area contributed by atoms with E-state index in [1.165, 1.54) is 30.7 Å². The van der Waals surface area contributed by atoms with Gasteiger partial charge in [0.2, 0.25) is 0 Å². The highest BCUT2D eigenvalue weighted by Crippen LogP contribution is 2.58. The summed E-state index contributed by atoms with van der Waals surface area (Å²) in [5, 5.41) is 14.1. The molecule has 2 atom stereocenters. The minimum Gasteiger partial charge on any atom is -0.460 e. The van der Waals surface area contributed by atoms with Crippen molar-refractivity contribution < 1.29 is 24.0 Å². The lowest BCUT2D eigenvalue weighted by Crippen LogP contribution is -2.66. The summed E-state index contributed by atoms with van der Waals surface area (Å²) in [5.74, 6) is 0.491. The van der Waals surface area contributed by atoms with E-state index in [0.29, 0.717) is 17.4 Å². The molecule has 0 spiro atoms. The third kappa shape index (κ3) is 4.55. The van der Waals surface area contributed by atoms with Crippen LogP contribution in [0.25, 0.3) is 0 Å². The van der Waals surface area contributed by atoms with Crippen LogP contribution >= 0.6 is 0 Å². The first kappa shape index (κ1) is 22.5. The second-order valence-electron chi connectivity index (χ2n) is 10.0. The molecule has 1 amide bonds. The fourth-order valence-corrected chi connectivity index (χ4v) is 6.59. The molecule has 0 saturated heterocycles. The number of amides is 1. The molecule has 8 nitrogen and oxygen atoms in total. The highest BCUT2D eigenvalue weighted by molar-refractivity contribution is 5.94. The molecular weight excluding hydrogens is 436 g/mol. The van der Waals surface area contributed by atoms with Crippen molar-refractivity contribution in [3.63, 3.8) is 0 Å². The predicted octanol–water partition coefficient (Wildman–Crippen LogP) is 4.29. The lowest BCUT2D eigenvalue weighted by atomic mass is 9.51. The van der Waals surface area contributed by atoms with E-state index >= 15 is 0 Å². The van der Waals surface area contributed by atoms with Crippen molar-refractivity contribution in [2.24, 2.45) is 11.8 Å². The van der Waals surface area contributed by atoms with Crippen LogP contribution in [0.1, 0.15) is 59.2 Å². The Kier molecular flexibility index (Phi) is 5.85. The quantitative estimate of drug-likeness (QED) is 0.270. The van der Waals surface area contributed by atoms with Crippen LogP contribution in [-0.4, -0.2) is 41.2 Å². The molecule has 1 N–H and O–H groups in total. The zero-order valence-electron chi connectivity index (χ0n) is 18.9. The summed E-state index contributed by atoms with van der Waals surface area (Å²) in [7, 11) is 0. The number of carbonyl (C=O) groups is 2. The normalized spacial score (nSPS) is 28.9. The number of nitrogens with one attached hydrogen (secondary N) is 1. The zero-order chi connectivity index (χ0) is 23.8. The lowest BCUT2D eigenvalue weighted by molar-refractivity contribution is -0.384. The Balaban J connectivity index is 1.18. The van der Waals surface area contributed by atoms with Gasteiger partial charge in [-0.25, -0.2) is 4.79 Å². The standard InChI is InChI=1S/C26H28N2O6/c29-23(20-4-2-1-3-5-20)27-25-13-18-12-19(14-25)16-26(15-18,17-25)34-11-10-33-24(30)21-6-8-22(9-7-21)28(31)32/h1-9,18-19H,10-17H2,(H,27,29). The molecule has 0 aliphatic heterocycles. The van der Waals surface area contributed by atoms with E-state index < -0.39 is 10.9 Å². The second-order valence-corrected chi connectivity index (χ2v) is 10.0. The van der Waals surface area contributed by atoms with Gasteiger partial charge in [-0.1, -0.05) is 18.2 Å². The number of non-ortho nitro benzene ring substituents is 1. The van der Waals surface area contributed by atoms with Crippen LogP contribution < -0.4 is 5.32 Å². The van der Waals surface area contributed by atoms with Gasteiger partial charge in [0.25, 0.3) is 11.6 Å². The molecule has 4 bridgehead atoms. The maximum absolute atomic E-state index is 12.9. The fraction of sp³-hybridized carbons (Fsp3) is 0.462. The Morgan fingerprint density at radius 2 is 1.62 bits per heavy atom. The lowest BCUT2D eigenvalue weighted by Gasteiger charge is -2.61. The number of nitrogens with zero attached hydrogens (tertiary/aromatic N) is 1. The van der Waals surface area contributed by atoms with Gasteiger partial charge in [0.05, 0.1) is 22.7 Å². The first-order valence-electron chi connectivity index (χ1n) is 11.8. The number of esters is 1. The predicted molar refractivity (Wildman–Crippen MR) is 123 cm³/mol. The van der Waals surface area contributed by atoms with Crippen LogP contribution in [0.2, 0.25) is 0 Å². The highest BCUT2D eigenvalue weighted by atomic mass is 16.6. The molecule has 34 heavy (non-hydrogen) atoms. The van der Waals surface area contributed by atoms with Gasteiger partial charge < -0.3 is 14.8 Å². The molecule has 2 aromatic rings. The molecule has 4 saturated carbocycles. The minimum atomic E-state index is -0.532. The summed E-state index contributed by atoms with van der Waals surface area (Å²) in [5.41, 5.74) is 0.324. The van der Waals surface area contributed by atoms with Gasteiger partial charge in [0.15, 0.2) is 0 Å². The molecule has 4 aliphatic rings. The summed E-state index contributed by atoms with van der Waals surface area (Å²) < 4.78 is 11.7. The Hall–Kier alpha value is -3.26. The maximum atomic E-state index is 12.9. The largest absolute Gasteiger partial charge is 0.460 e. The molecule has 2 aromatic carbocycles. The van der Waals surface area contributed by atoms with Gasteiger partial charge in [-0.3, -0.25) is 14.9 Å². The molecule has 4 fully saturated rings. The van der Waals surface area contributed by atoms with Gasteiger partial charge >= 0.3 is 5.97 Å². The van der Waals surface area contributed by atoms with Gasteiger partial charge in [-0.2, -0.15) is 0 Å². The summed E-state index contributed by atoms with van der Waals surface area (Å²) >= 11 is 0. The van der Waals surface area contributed by atoms with Crippen molar-refractivity contribution >= 4 is 17.6 Å². The molecular formula is C26H28N2O6. The van der Waals surface area contributed by atoms with Gasteiger partial charge in [0, 0.05) is 23.2 Å². The first-order valence-corrected chi connectivity index (χ1v) is 11.8. The number of ether oxygens (including phenoxy) is 2. The topological polar surface area (TPSA) is 108 Å². The van der Waals surface area contributed by atoms with Crippen LogP contribution in [0.4, 0.5) is 5.69 Å². The summed E-state index contributed by atoms with van der Waals surface area (Å²) in [6.07, 6.45) is 5.89. The van der Waals surface area contributed by atoms with E-state index in [0.717, 1.165) is 32.1 Å². The zero-order valence-corrected chi connectivity index (χ0v) is 18.9. The SMILES string of the molecule is O=C(NC12CC3CC(C1)CC(OCCOC(=O)c1ccc([N+](=O)[O-])cc1)(C3)C2)c1ccccc1.